The summed E-state index contributed by atoms with van der Waals surface area (Å²) in [5.41, 5.74) is 2.18. The molecule has 1 aliphatic heterocycles. The fraction of sp³-hybridized carbons (Fsp3) is 0.421. The quantitative estimate of drug-likeness (QED) is 0.740. The highest BCUT2D eigenvalue weighted by Gasteiger charge is 2.30. The fourth-order valence-corrected chi connectivity index (χ4v) is 3.14. The van der Waals surface area contributed by atoms with Crippen LogP contribution in [-0.4, -0.2) is 42.1 Å². The third kappa shape index (κ3) is 7.31. The second-order valence-corrected chi connectivity index (χ2v) is 6.83. The molecule has 1 aromatic rings. The Balaban J connectivity index is 0.000000263. The molecule has 0 aliphatic carbocycles. The van der Waals surface area contributed by atoms with E-state index >= 15 is 0 Å². The summed E-state index contributed by atoms with van der Waals surface area (Å²) in [6.45, 7) is 4.04. The molecule has 0 bridgehead atoms. The Hall–Kier alpha value is -2.28. The van der Waals surface area contributed by atoms with Gasteiger partial charge in [-0.1, -0.05) is 31.2 Å². The van der Waals surface area contributed by atoms with Crippen LogP contribution < -0.4 is 10.1 Å². The molecule has 0 saturated carbocycles. The number of nitrogens with zero attached hydrogens (tertiary/aromatic N) is 1. The standard InChI is InChI=1S/C10H13NO.C9H13NO3S/c1-8(11-2)9-4-6-10(12-3)7-5-9;1-2-3-4-7-10-9(13)6(14-7)5-8(11)12/h4-7H,1-3H3;4,6H,2-3,5H2,1H3,(H,10,13)(H,11,12)/b;7-4-. The number of unbranched alkanes of at least 4 members (excludes halogenated alkanes) is 1. The van der Waals surface area contributed by atoms with Gasteiger partial charge in [-0.15, -0.1) is 0 Å². The fourth-order valence-electron chi connectivity index (χ4n) is 2.07. The second-order valence-electron chi connectivity index (χ2n) is 5.59. The van der Waals surface area contributed by atoms with Gasteiger partial charge < -0.3 is 15.2 Å². The smallest absolute Gasteiger partial charge is 0.305 e. The number of carbonyl (C=O) groups is 2. The maximum atomic E-state index is 11.2. The van der Waals surface area contributed by atoms with E-state index in [0.29, 0.717) is 0 Å². The molecule has 0 aromatic heterocycles. The number of nitrogens with one attached hydrogen (secondary N) is 1. The average molecular weight is 378 g/mol. The number of amides is 1. The minimum Gasteiger partial charge on any atom is -0.497 e. The zero-order valence-corrected chi connectivity index (χ0v) is 16.4. The Morgan fingerprint density at radius 2 is 2.04 bits per heavy atom. The first-order chi connectivity index (χ1) is 12.4. The maximum Gasteiger partial charge on any atom is 0.305 e. The van der Waals surface area contributed by atoms with Crippen molar-refractivity contribution in [2.24, 2.45) is 4.99 Å². The first-order valence-electron chi connectivity index (χ1n) is 8.38. The highest BCUT2D eigenvalue weighted by atomic mass is 32.2. The minimum absolute atomic E-state index is 0.111. The molecule has 1 heterocycles. The molecular weight excluding hydrogens is 352 g/mol. The Bertz CT molecular complexity index is 669. The molecule has 1 atom stereocenters. The summed E-state index contributed by atoms with van der Waals surface area (Å²) in [7, 11) is 3.45. The van der Waals surface area contributed by atoms with E-state index in [1.165, 1.54) is 11.8 Å². The van der Waals surface area contributed by atoms with E-state index in [9.17, 15) is 9.59 Å². The van der Waals surface area contributed by atoms with Crippen LogP contribution in [0, 0.1) is 0 Å². The van der Waals surface area contributed by atoms with Crippen molar-refractivity contribution < 1.29 is 19.4 Å². The highest BCUT2D eigenvalue weighted by molar-refractivity contribution is 8.04. The summed E-state index contributed by atoms with van der Waals surface area (Å²) >= 11 is 1.31. The zero-order chi connectivity index (χ0) is 19.5. The number of carboxylic acids is 1. The number of hydrogen-bond donors (Lipinski definition) is 2. The van der Waals surface area contributed by atoms with Gasteiger partial charge in [0.25, 0.3) is 0 Å². The van der Waals surface area contributed by atoms with Gasteiger partial charge in [0.1, 0.15) is 11.0 Å². The number of carbonyl (C=O) groups excluding carboxylic acids is 1. The Morgan fingerprint density at radius 1 is 1.38 bits per heavy atom. The molecule has 0 radical (unpaired) electrons. The number of carboxylic acid groups (broad SMARTS) is 1. The van der Waals surface area contributed by atoms with Crippen molar-refractivity contribution in [1.82, 2.24) is 5.32 Å². The van der Waals surface area contributed by atoms with Crippen LogP contribution in [0.5, 0.6) is 5.75 Å². The van der Waals surface area contributed by atoms with Gasteiger partial charge in [0.2, 0.25) is 5.91 Å². The van der Waals surface area contributed by atoms with Crippen LogP contribution in [0.25, 0.3) is 0 Å². The van der Waals surface area contributed by atoms with Gasteiger partial charge in [-0.25, -0.2) is 0 Å². The molecule has 1 amide bonds. The Morgan fingerprint density at radius 3 is 2.54 bits per heavy atom. The van der Waals surface area contributed by atoms with Crippen molar-refractivity contribution in [3.63, 3.8) is 0 Å². The number of methoxy groups -OCH3 is 1. The predicted octanol–water partition coefficient (Wildman–Crippen LogP) is 3.47. The SMILES string of the molecule is CCC/C=C1/NC(=O)C(CC(=O)O)S1.CN=C(C)c1ccc(OC)cc1. The lowest BCUT2D eigenvalue weighted by Gasteiger charge is -2.01. The number of thioether (sulfide) groups is 1. The lowest BCUT2D eigenvalue weighted by molar-refractivity contribution is -0.138. The van der Waals surface area contributed by atoms with Crippen LogP contribution in [0.15, 0.2) is 40.4 Å². The molecule has 2 rings (SSSR count). The molecule has 142 valence electrons. The van der Waals surface area contributed by atoms with E-state index in [1.54, 1.807) is 14.2 Å². The van der Waals surface area contributed by atoms with Gasteiger partial charge in [-0.05, 0) is 43.2 Å². The van der Waals surface area contributed by atoms with Crippen LogP contribution in [0.4, 0.5) is 0 Å². The van der Waals surface area contributed by atoms with Crippen LogP contribution in [0.1, 0.15) is 38.7 Å². The normalized spacial score (nSPS) is 18.2. The molecule has 0 spiro atoms. The number of allylic oxidation sites excluding steroid dienone is 1. The first-order valence-corrected chi connectivity index (χ1v) is 9.26. The molecule has 1 aromatic carbocycles. The number of benzene rings is 1. The monoisotopic (exact) mass is 378 g/mol. The highest BCUT2D eigenvalue weighted by Crippen LogP contribution is 2.29. The van der Waals surface area contributed by atoms with Crippen molar-refractivity contribution in [1.29, 1.82) is 0 Å². The number of aliphatic carboxylic acids is 1. The number of rotatable bonds is 6. The number of ether oxygens (including phenoxy) is 1. The first kappa shape index (κ1) is 21.8. The van der Waals surface area contributed by atoms with Crippen molar-refractivity contribution in [3.05, 3.63) is 40.9 Å². The topological polar surface area (TPSA) is 88.0 Å². The molecule has 2 N–H and O–H groups in total. The number of hydrogen-bond acceptors (Lipinski definition) is 5. The van der Waals surface area contributed by atoms with Gasteiger partial charge in [0, 0.05) is 12.8 Å². The van der Waals surface area contributed by atoms with E-state index in [2.05, 4.69) is 10.3 Å². The molecule has 7 heteroatoms. The van der Waals surface area contributed by atoms with E-state index in [0.717, 1.165) is 34.9 Å². The summed E-state index contributed by atoms with van der Waals surface area (Å²) in [5, 5.41) is 11.5. The lowest BCUT2D eigenvalue weighted by atomic mass is 10.1. The van der Waals surface area contributed by atoms with Crippen molar-refractivity contribution in [2.45, 2.75) is 38.4 Å². The van der Waals surface area contributed by atoms with Gasteiger partial charge in [-0.2, -0.15) is 0 Å². The molecule has 26 heavy (non-hydrogen) atoms. The summed E-state index contributed by atoms with van der Waals surface area (Å²) in [5.74, 6) is -0.253. The van der Waals surface area contributed by atoms with E-state index in [1.807, 2.05) is 44.2 Å². The third-order valence-electron chi connectivity index (χ3n) is 3.63. The number of aliphatic imine (C=N–C) groups is 1. The predicted molar refractivity (Wildman–Crippen MR) is 106 cm³/mol. The van der Waals surface area contributed by atoms with Crippen molar-refractivity contribution >= 4 is 29.4 Å². The van der Waals surface area contributed by atoms with Gasteiger partial charge >= 0.3 is 5.97 Å². The zero-order valence-electron chi connectivity index (χ0n) is 15.6. The summed E-state index contributed by atoms with van der Waals surface area (Å²) < 4.78 is 5.04. The molecule has 1 unspecified atom stereocenters. The Labute approximate surface area is 158 Å². The lowest BCUT2D eigenvalue weighted by Crippen LogP contribution is -2.24. The van der Waals surface area contributed by atoms with Crippen LogP contribution in [-0.2, 0) is 9.59 Å². The van der Waals surface area contributed by atoms with Gasteiger partial charge in [-0.3, -0.25) is 14.6 Å². The molecule has 1 fully saturated rings. The second kappa shape index (κ2) is 11.4. The van der Waals surface area contributed by atoms with Gasteiger partial charge in [0.15, 0.2) is 0 Å². The maximum absolute atomic E-state index is 11.2. The van der Waals surface area contributed by atoms with E-state index < -0.39 is 11.2 Å². The van der Waals surface area contributed by atoms with Crippen molar-refractivity contribution in [3.8, 4) is 5.75 Å². The van der Waals surface area contributed by atoms with Crippen LogP contribution in [0.3, 0.4) is 0 Å². The third-order valence-corrected chi connectivity index (χ3v) is 4.82. The van der Waals surface area contributed by atoms with E-state index in [-0.39, 0.29) is 12.3 Å². The summed E-state index contributed by atoms with van der Waals surface area (Å²) in [4.78, 5) is 25.7. The molecule has 1 saturated heterocycles. The summed E-state index contributed by atoms with van der Waals surface area (Å²) in [6.07, 6.45) is 3.75. The van der Waals surface area contributed by atoms with Crippen LogP contribution in [0.2, 0.25) is 0 Å². The summed E-state index contributed by atoms with van der Waals surface area (Å²) in [6, 6.07) is 7.87. The minimum atomic E-state index is -0.936. The van der Waals surface area contributed by atoms with Gasteiger partial charge in [0.05, 0.1) is 18.6 Å². The van der Waals surface area contributed by atoms with Crippen molar-refractivity contribution in [2.75, 3.05) is 14.2 Å². The largest absolute Gasteiger partial charge is 0.497 e. The van der Waals surface area contributed by atoms with E-state index in [4.69, 9.17) is 9.84 Å². The molecule has 6 nitrogen and oxygen atoms in total. The average Bonchev–Trinajstić information content (AvgIpc) is 2.98. The molecular formula is C19H26N2O4S. The Kier molecular flexibility index (Phi) is 9.51. The molecule has 1 aliphatic rings. The van der Waals surface area contributed by atoms with Crippen LogP contribution >= 0.6 is 11.8 Å².